The van der Waals surface area contributed by atoms with Gasteiger partial charge in [-0.2, -0.15) is 0 Å². The third-order valence-corrected chi connectivity index (χ3v) is 3.80. The molecule has 1 rings (SSSR count). The smallest absolute Gasteiger partial charge is 0.305 e. The van der Waals surface area contributed by atoms with Crippen LogP contribution in [0, 0.1) is 5.41 Å². The van der Waals surface area contributed by atoms with Gasteiger partial charge < -0.3 is 14.8 Å². The summed E-state index contributed by atoms with van der Waals surface area (Å²) >= 11 is 0. The normalized spacial score (nSPS) is 25.6. The maximum Gasteiger partial charge on any atom is 0.305 e. The highest BCUT2D eigenvalue weighted by molar-refractivity contribution is 5.69. The van der Waals surface area contributed by atoms with Crippen LogP contribution in [-0.2, 0) is 14.3 Å². The standard InChI is InChI=1S/C14H27NO3/c1-5-17-12-10-11(14(12,3)4)15-9-7-8-13(16)18-6-2/h11-12,15H,5-10H2,1-4H3. The first-order valence-corrected chi connectivity index (χ1v) is 7.03. The van der Waals surface area contributed by atoms with Crippen molar-refractivity contribution < 1.29 is 14.3 Å². The molecule has 0 radical (unpaired) electrons. The van der Waals surface area contributed by atoms with E-state index < -0.39 is 0 Å². The molecule has 1 saturated carbocycles. The van der Waals surface area contributed by atoms with Crippen LogP contribution in [0.2, 0.25) is 0 Å². The molecule has 0 aliphatic heterocycles. The molecule has 0 saturated heterocycles. The average Bonchev–Trinajstić information content (AvgIpc) is 2.32. The Kier molecular flexibility index (Phi) is 6.09. The van der Waals surface area contributed by atoms with E-state index in [1.165, 1.54) is 0 Å². The quantitative estimate of drug-likeness (QED) is 0.534. The summed E-state index contributed by atoms with van der Waals surface area (Å²) in [6, 6.07) is 0.497. The van der Waals surface area contributed by atoms with E-state index in [2.05, 4.69) is 19.2 Å². The van der Waals surface area contributed by atoms with Crippen molar-refractivity contribution in [3.63, 3.8) is 0 Å². The lowest BCUT2D eigenvalue weighted by molar-refractivity contribution is -0.143. The van der Waals surface area contributed by atoms with E-state index in [0.29, 0.717) is 25.2 Å². The van der Waals surface area contributed by atoms with Crippen molar-refractivity contribution in [1.82, 2.24) is 5.32 Å². The highest BCUT2D eigenvalue weighted by atomic mass is 16.5. The Balaban J connectivity index is 2.12. The monoisotopic (exact) mass is 257 g/mol. The molecule has 1 N–H and O–H groups in total. The van der Waals surface area contributed by atoms with Crippen LogP contribution in [0.4, 0.5) is 0 Å². The number of hydrogen-bond donors (Lipinski definition) is 1. The van der Waals surface area contributed by atoms with Gasteiger partial charge in [0.15, 0.2) is 0 Å². The van der Waals surface area contributed by atoms with Gasteiger partial charge in [0, 0.05) is 24.5 Å². The van der Waals surface area contributed by atoms with Crippen LogP contribution in [0.25, 0.3) is 0 Å². The molecule has 1 aliphatic rings. The van der Waals surface area contributed by atoms with E-state index in [1.807, 2.05) is 13.8 Å². The van der Waals surface area contributed by atoms with Crippen molar-refractivity contribution in [2.24, 2.45) is 5.41 Å². The first kappa shape index (κ1) is 15.4. The molecule has 0 aromatic heterocycles. The van der Waals surface area contributed by atoms with E-state index in [1.54, 1.807) is 0 Å². The zero-order valence-corrected chi connectivity index (χ0v) is 12.1. The number of carbonyl (C=O) groups is 1. The molecule has 106 valence electrons. The number of nitrogens with one attached hydrogen (secondary N) is 1. The van der Waals surface area contributed by atoms with Crippen molar-refractivity contribution in [3.05, 3.63) is 0 Å². The second-order valence-electron chi connectivity index (χ2n) is 5.42. The third kappa shape index (κ3) is 3.95. The number of ether oxygens (including phenoxy) is 2. The zero-order chi connectivity index (χ0) is 13.6. The Morgan fingerprint density at radius 3 is 2.61 bits per heavy atom. The van der Waals surface area contributed by atoms with Gasteiger partial charge in [-0.3, -0.25) is 4.79 Å². The predicted octanol–water partition coefficient (Wildman–Crippen LogP) is 2.12. The van der Waals surface area contributed by atoms with Gasteiger partial charge in [0.2, 0.25) is 0 Å². The lowest BCUT2D eigenvalue weighted by Gasteiger charge is -2.52. The Morgan fingerprint density at radius 2 is 2.06 bits per heavy atom. The van der Waals surface area contributed by atoms with Crippen LogP contribution in [0.15, 0.2) is 0 Å². The van der Waals surface area contributed by atoms with Crippen molar-refractivity contribution >= 4 is 5.97 Å². The largest absolute Gasteiger partial charge is 0.466 e. The van der Waals surface area contributed by atoms with Crippen molar-refractivity contribution in [3.8, 4) is 0 Å². The summed E-state index contributed by atoms with van der Waals surface area (Å²) in [7, 11) is 0. The van der Waals surface area contributed by atoms with Crippen molar-refractivity contribution in [1.29, 1.82) is 0 Å². The molecule has 0 amide bonds. The Bertz CT molecular complexity index is 266. The predicted molar refractivity (Wildman–Crippen MR) is 71.5 cm³/mol. The maximum absolute atomic E-state index is 11.2. The van der Waals surface area contributed by atoms with Gasteiger partial charge in [0.25, 0.3) is 0 Å². The van der Waals surface area contributed by atoms with E-state index in [4.69, 9.17) is 9.47 Å². The van der Waals surface area contributed by atoms with Gasteiger partial charge in [-0.1, -0.05) is 13.8 Å². The fourth-order valence-corrected chi connectivity index (χ4v) is 2.46. The zero-order valence-electron chi connectivity index (χ0n) is 12.1. The van der Waals surface area contributed by atoms with Crippen molar-refractivity contribution in [2.75, 3.05) is 19.8 Å². The van der Waals surface area contributed by atoms with E-state index in [-0.39, 0.29) is 11.4 Å². The number of esters is 1. The molecule has 0 aromatic rings. The van der Waals surface area contributed by atoms with Crippen LogP contribution in [0.3, 0.4) is 0 Å². The fraction of sp³-hybridized carbons (Fsp3) is 0.929. The van der Waals surface area contributed by atoms with Crippen LogP contribution < -0.4 is 5.32 Å². The van der Waals surface area contributed by atoms with Crippen LogP contribution in [-0.4, -0.2) is 37.9 Å². The molecular formula is C14H27NO3. The summed E-state index contributed by atoms with van der Waals surface area (Å²) in [6.07, 6.45) is 2.78. The number of carbonyl (C=O) groups excluding carboxylic acids is 1. The summed E-state index contributed by atoms with van der Waals surface area (Å²) < 4.78 is 10.6. The van der Waals surface area contributed by atoms with Gasteiger partial charge >= 0.3 is 5.97 Å². The van der Waals surface area contributed by atoms with Crippen LogP contribution in [0.1, 0.15) is 47.0 Å². The third-order valence-electron chi connectivity index (χ3n) is 3.80. The van der Waals surface area contributed by atoms with E-state index in [0.717, 1.165) is 26.0 Å². The number of rotatable bonds is 8. The SMILES string of the molecule is CCOC(=O)CCCNC1CC(OCC)C1(C)C. The summed E-state index contributed by atoms with van der Waals surface area (Å²) in [6.45, 7) is 10.5. The molecular weight excluding hydrogens is 230 g/mol. The van der Waals surface area contributed by atoms with Gasteiger partial charge in [0.05, 0.1) is 12.7 Å². The molecule has 4 nitrogen and oxygen atoms in total. The fourth-order valence-electron chi connectivity index (χ4n) is 2.46. The van der Waals surface area contributed by atoms with Gasteiger partial charge in [0.1, 0.15) is 0 Å². The molecule has 18 heavy (non-hydrogen) atoms. The van der Waals surface area contributed by atoms with Gasteiger partial charge in [-0.05, 0) is 33.2 Å². The van der Waals surface area contributed by atoms with Crippen LogP contribution in [0.5, 0.6) is 0 Å². The second-order valence-corrected chi connectivity index (χ2v) is 5.42. The molecule has 2 unspecified atom stereocenters. The Hall–Kier alpha value is -0.610. The average molecular weight is 257 g/mol. The van der Waals surface area contributed by atoms with E-state index >= 15 is 0 Å². The molecule has 0 spiro atoms. The molecule has 0 aromatic carbocycles. The first-order chi connectivity index (χ1) is 8.52. The summed E-state index contributed by atoms with van der Waals surface area (Å²) in [5.41, 5.74) is 0.194. The minimum atomic E-state index is -0.0978. The van der Waals surface area contributed by atoms with Crippen LogP contribution >= 0.6 is 0 Å². The lowest BCUT2D eigenvalue weighted by Crippen LogP contribution is -2.61. The molecule has 0 heterocycles. The summed E-state index contributed by atoms with van der Waals surface area (Å²) in [4.78, 5) is 11.2. The molecule has 2 atom stereocenters. The minimum Gasteiger partial charge on any atom is -0.466 e. The first-order valence-electron chi connectivity index (χ1n) is 7.03. The highest BCUT2D eigenvalue weighted by Crippen LogP contribution is 2.42. The molecule has 4 heteroatoms. The van der Waals surface area contributed by atoms with Gasteiger partial charge in [-0.15, -0.1) is 0 Å². The molecule has 1 aliphatic carbocycles. The minimum absolute atomic E-state index is 0.0978. The summed E-state index contributed by atoms with van der Waals surface area (Å²) in [5.74, 6) is -0.0978. The molecule has 1 fully saturated rings. The van der Waals surface area contributed by atoms with Crippen molar-refractivity contribution in [2.45, 2.75) is 59.1 Å². The number of hydrogen-bond acceptors (Lipinski definition) is 4. The Labute approximate surface area is 110 Å². The summed E-state index contributed by atoms with van der Waals surface area (Å²) in [5, 5.41) is 3.51. The second kappa shape index (κ2) is 7.10. The highest BCUT2D eigenvalue weighted by Gasteiger charge is 2.48. The maximum atomic E-state index is 11.2. The van der Waals surface area contributed by atoms with Gasteiger partial charge in [-0.25, -0.2) is 0 Å². The molecule has 0 bridgehead atoms. The topological polar surface area (TPSA) is 47.6 Å². The Morgan fingerprint density at radius 1 is 1.33 bits per heavy atom. The lowest BCUT2D eigenvalue weighted by atomic mass is 9.64. The van der Waals surface area contributed by atoms with E-state index in [9.17, 15) is 4.79 Å².